The highest BCUT2D eigenvalue weighted by Gasteiger charge is 2.25. The van der Waals surface area contributed by atoms with Crippen molar-refractivity contribution in [3.8, 4) is 0 Å². The van der Waals surface area contributed by atoms with Gasteiger partial charge in [0.1, 0.15) is 0 Å². The summed E-state index contributed by atoms with van der Waals surface area (Å²) in [7, 11) is 2.13. The molecule has 1 unspecified atom stereocenters. The normalized spacial score (nSPS) is 22.9. The van der Waals surface area contributed by atoms with Gasteiger partial charge in [-0.15, -0.1) is 0 Å². The monoisotopic (exact) mass is 244 g/mol. The zero-order valence-corrected chi connectivity index (χ0v) is 11.5. The average Bonchev–Trinajstić information content (AvgIpc) is 2.35. The smallest absolute Gasteiger partial charge is 0.0826 e. The Labute approximate surface area is 105 Å². The molecule has 0 saturated carbocycles. The highest BCUT2D eigenvalue weighted by molar-refractivity contribution is 4.80. The van der Waals surface area contributed by atoms with E-state index in [1.807, 2.05) is 0 Å². The molecule has 1 atom stereocenters. The summed E-state index contributed by atoms with van der Waals surface area (Å²) in [5.41, 5.74) is 0.0422. The molecule has 0 aromatic carbocycles. The molecule has 1 fully saturated rings. The molecule has 4 nitrogen and oxygen atoms in total. The van der Waals surface area contributed by atoms with Crippen molar-refractivity contribution in [2.24, 2.45) is 5.41 Å². The van der Waals surface area contributed by atoms with Crippen LogP contribution in [0.5, 0.6) is 0 Å². The van der Waals surface area contributed by atoms with Gasteiger partial charge in [-0.1, -0.05) is 13.8 Å². The second kappa shape index (κ2) is 7.31. The Balaban J connectivity index is 2.26. The summed E-state index contributed by atoms with van der Waals surface area (Å²) >= 11 is 0. The maximum atomic E-state index is 9.48. The van der Waals surface area contributed by atoms with Gasteiger partial charge in [0.15, 0.2) is 0 Å². The summed E-state index contributed by atoms with van der Waals surface area (Å²) in [4.78, 5) is 2.30. The third kappa shape index (κ3) is 4.54. The Morgan fingerprint density at radius 2 is 2.12 bits per heavy atom. The van der Waals surface area contributed by atoms with E-state index >= 15 is 0 Å². The number of likely N-dealkylation sites (N-methyl/N-ethyl adjacent to an activating group) is 1. The maximum absolute atomic E-state index is 9.48. The third-order valence-corrected chi connectivity index (χ3v) is 4.05. The van der Waals surface area contributed by atoms with Crippen molar-refractivity contribution in [2.75, 3.05) is 46.4 Å². The lowest BCUT2D eigenvalue weighted by atomic mass is 9.83. The second-order valence-electron chi connectivity index (χ2n) is 5.25. The Morgan fingerprint density at radius 1 is 1.41 bits per heavy atom. The van der Waals surface area contributed by atoms with Gasteiger partial charge in [0.2, 0.25) is 0 Å². The fraction of sp³-hybridized carbons (Fsp3) is 1.00. The van der Waals surface area contributed by atoms with Crippen molar-refractivity contribution in [1.82, 2.24) is 10.2 Å². The summed E-state index contributed by atoms with van der Waals surface area (Å²) < 4.78 is 5.70. The number of ether oxygens (including phenoxy) is 1. The van der Waals surface area contributed by atoms with E-state index in [0.717, 1.165) is 45.6 Å². The first-order chi connectivity index (χ1) is 8.15. The minimum Gasteiger partial charge on any atom is -0.396 e. The molecule has 17 heavy (non-hydrogen) atoms. The fourth-order valence-electron chi connectivity index (χ4n) is 2.27. The SMILES string of the molecule is CCC(CC)(CO)CNCC1CN(C)CCO1. The Morgan fingerprint density at radius 3 is 2.65 bits per heavy atom. The van der Waals surface area contributed by atoms with Gasteiger partial charge in [-0.3, -0.25) is 0 Å². The molecule has 1 aliphatic rings. The highest BCUT2D eigenvalue weighted by Crippen LogP contribution is 2.24. The van der Waals surface area contributed by atoms with E-state index in [9.17, 15) is 5.11 Å². The molecule has 0 aromatic rings. The van der Waals surface area contributed by atoms with Crippen LogP contribution in [0.15, 0.2) is 0 Å². The predicted molar refractivity (Wildman–Crippen MR) is 70.2 cm³/mol. The van der Waals surface area contributed by atoms with Crippen LogP contribution in [0.4, 0.5) is 0 Å². The van der Waals surface area contributed by atoms with Gasteiger partial charge in [0, 0.05) is 38.2 Å². The molecule has 1 saturated heterocycles. The lowest BCUT2D eigenvalue weighted by molar-refractivity contribution is -0.0201. The van der Waals surface area contributed by atoms with Crippen molar-refractivity contribution < 1.29 is 9.84 Å². The number of morpholine rings is 1. The lowest BCUT2D eigenvalue weighted by Gasteiger charge is -2.33. The van der Waals surface area contributed by atoms with Gasteiger partial charge in [0.05, 0.1) is 12.7 Å². The first kappa shape index (κ1) is 14.9. The van der Waals surface area contributed by atoms with Crippen molar-refractivity contribution in [3.05, 3.63) is 0 Å². The van der Waals surface area contributed by atoms with E-state index in [1.165, 1.54) is 0 Å². The van der Waals surface area contributed by atoms with E-state index < -0.39 is 0 Å². The molecule has 0 aromatic heterocycles. The molecular weight excluding hydrogens is 216 g/mol. The minimum absolute atomic E-state index is 0.0422. The number of hydrogen-bond acceptors (Lipinski definition) is 4. The zero-order chi connectivity index (χ0) is 12.7. The molecule has 2 N–H and O–H groups in total. The quantitative estimate of drug-likeness (QED) is 0.692. The van der Waals surface area contributed by atoms with Crippen LogP contribution < -0.4 is 5.32 Å². The molecule has 1 aliphatic heterocycles. The second-order valence-corrected chi connectivity index (χ2v) is 5.25. The summed E-state index contributed by atoms with van der Waals surface area (Å²) in [5.74, 6) is 0. The standard InChI is InChI=1S/C13H28N2O2/c1-4-13(5-2,11-16)10-14-8-12-9-15(3)6-7-17-12/h12,14,16H,4-11H2,1-3H3. The van der Waals surface area contributed by atoms with Crippen molar-refractivity contribution in [3.63, 3.8) is 0 Å². The van der Waals surface area contributed by atoms with E-state index in [2.05, 4.69) is 31.1 Å². The largest absolute Gasteiger partial charge is 0.396 e. The first-order valence-corrected chi connectivity index (χ1v) is 6.77. The average molecular weight is 244 g/mol. The molecule has 0 aliphatic carbocycles. The number of aliphatic hydroxyl groups is 1. The van der Waals surface area contributed by atoms with Gasteiger partial charge in [-0.2, -0.15) is 0 Å². The Hall–Kier alpha value is -0.160. The van der Waals surface area contributed by atoms with Gasteiger partial charge in [-0.25, -0.2) is 0 Å². The Bertz CT molecular complexity index is 199. The van der Waals surface area contributed by atoms with Crippen LogP contribution >= 0.6 is 0 Å². The van der Waals surface area contributed by atoms with Crippen LogP contribution in [0, 0.1) is 5.41 Å². The highest BCUT2D eigenvalue weighted by atomic mass is 16.5. The number of nitrogens with zero attached hydrogens (tertiary/aromatic N) is 1. The van der Waals surface area contributed by atoms with E-state index in [4.69, 9.17) is 4.74 Å². The van der Waals surface area contributed by atoms with Gasteiger partial charge >= 0.3 is 0 Å². The molecule has 0 bridgehead atoms. The zero-order valence-electron chi connectivity index (χ0n) is 11.5. The van der Waals surface area contributed by atoms with Gasteiger partial charge < -0.3 is 20.1 Å². The molecule has 0 radical (unpaired) electrons. The summed E-state index contributed by atoms with van der Waals surface area (Å²) in [6, 6.07) is 0. The van der Waals surface area contributed by atoms with Crippen LogP contribution in [0.3, 0.4) is 0 Å². The fourth-order valence-corrected chi connectivity index (χ4v) is 2.27. The molecule has 1 heterocycles. The Kier molecular flexibility index (Phi) is 6.41. The number of nitrogens with one attached hydrogen (secondary N) is 1. The molecule has 4 heteroatoms. The van der Waals surface area contributed by atoms with Gasteiger partial charge in [0.25, 0.3) is 0 Å². The molecule has 0 spiro atoms. The maximum Gasteiger partial charge on any atom is 0.0826 e. The van der Waals surface area contributed by atoms with Crippen LogP contribution in [-0.2, 0) is 4.74 Å². The molecule has 1 rings (SSSR count). The van der Waals surface area contributed by atoms with Gasteiger partial charge in [-0.05, 0) is 19.9 Å². The number of hydrogen-bond donors (Lipinski definition) is 2. The van der Waals surface area contributed by atoms with Crippen LogP contribution in [-0.4, -0.2) is 62.6 Å². The number of rotatable bonds is 7. The predicted octanol–water partition coefficient (Wildman–Crippen LogP) is 0.705. The molecular formula is C13H28N2O2. The van der Waals surface area contributed by atoms with E-state index in [0.29, 0.717) is 6.10 Å². The lowest BCUT2D eigenvalue weighted by Crippen LogP contribution is -2.47. The number of aliphatic hydroxyl groups excluding tert-OH is 1. The molecule has 0 amide bonds. The minimum atomic E-state index is 0.0422. The van der Waals surface area contributed by atoms with Crippen molar-refractivity contribution in [1.29, 1.82) is 0 Å². The first-order valence-electron chi connectivity index (χ1n) is 6.77. The van der Waals surface area contributed by atoms with Crippen LogP contribution in [0.25, 0.3) is 0 Å². The van der Waals surface area contributed by atoms with E-state index in [1.54, 1.807) is 0 Å². The van der Waals surface area contributed by atoms with Crippen LogP contribution in [0.2, 0.25) is 0 Å². The third-order valence-electron chi connectivity index (χ3n) is 4.05. The summed E-state index contributed by atoms with van der Waals surface area (Å²) in [6.07, 6.45) is 2.32. The van der Waals surface area contributed by atoms with Crippen molar-refractivity contribution >= 4 is 0 Å². The van der Waals surface area contributed by atoms with Crippen LogP contribution in [0.1, 0.15) is 26.7 Å². The topological polar surface area (TPSA) is 44.7 Å². The summed E-state index contributed by atoms with van der Waals surface area (Å²) in [6.45, 7) is 9.16. The summed E-state index contributed by atoms with van der Waals surface area (Å²) in [5, 5.41) is 12.9. The van der Waals surface area contributed by atoms with Crippen molar-refractivity contribution in [2.45, 2.75) is 32.8 Å². The molecule has 102 valence electrons. The van der Waals surface area contributed by atoms with E-state index in [-0.39, 0.29) is 12.0 Å².